The molecule has 0 aliphatic rings. The average Bonchev–Trinajstić information content (AvgIpc) is 2.31. The zero-order valence-corrected chi connectivity index (χ0v) is 7.75. The molecule has 1 heterocycles. The van der Waals surface area contributed by atoms with Crippen LogP contribution in [-0.2, 0) is 14.8 Å². The van der Waals surface area contributed by atoms with Crippen LogP contribution in [-0.4, -0.2) is 19.7 Å². The fourth-order valence-corrected chi connectivity index (χ4v) is 1.94. The van der Waals surface area contributed by atoms with Gasteiger partial charge >= 0.3 is 0 Å². The third-order valence-electron chi connectivity index (χ3n) is 1.38. The normalized spacial score (nSPS) is 10.9. The summed E-state index contributed by atoms with van der Waals surface area (Å²) in [5.41, 5.74) is 0.177. The molecule has 6 nitrogen and oxygen atoms in total. The predicted octanol–water partition coefficient (Wildman–Crippen LogP) is 0.316. The number of nitrogens with zero attached hydrogens (tertiary/aromatic N) is 2. The minimum atomic E-state index is -3.98. The Morgan fingerprint density at radius 3 is 2.46 bits per heavy atom. The topological polar surface area (TPSA) is 89.6 Å². The highest BCUT2D eigenvalue weighted by atomic mass is 32.2. The molecule has 0 aromatic carbocycles. The van der Waals surface area contributed by atoms with Crippen molar-refractivity contribution in [2.24, 2.45) is 4.40 Å². The van der Waals surface area contributed by atoms with Gasteiger partial charge in [-0.25, -0.2) is 4.79 Å². The molecule has 0 atom stereocenters. The molecule has 0 radical (unpaired) electrons. The van der Waals surface area contributed by atoms with E-state index in [2.05, 4.69) is 14.1 Å². The van der Waals surface area contributed by atoms with Gasteiger partial charge in [0, 0.05) is 0 Å². The van der Waals surface area contributed by atoms with Gasteiger partial charge in [-0.05, 0) is 13.8 Å². The number of carbonyl (C=O) groups excluding carboxylic acids is 1. The molecule has 0 fully saturated rings. The summed E-state index contributed by atoms with van der Waals surface area (Å²) in [5.74, 6) is 0.108. The number of aryl methyl sites for hydroxylation is 2. The average molecular weight is 202 g/mol. The third kappa shape index (κ3) is 1.66. The highest BCUT2D eigenvalue weighted by Gasteiger charge is 2.23. The van der Waals surface area contributed by atoms with Crippen molar-refractivity contribution in [1.29, 1.82) is 0 Å². The minimum Gasteiger partial charge on any atom is -0.360 e. The van der Waals surface area contributed by atoms with Crippen molar-refractivity contribution < 1.29 is 17.7 Å². The van der Waals surface area contributed by atoms with Crippen LogP contribution in [0.4, 0.5) is 0 Å². The monoisotopic (exact) mass is 202 g/mol. The Kier molecular flexibility index (Phi) is 2.31. The van der Waals surface area contributed by atoms with E-state index in [1.165, 1.54) is 13.8 Å². The zero-order chi connectivity index (χ0) is 10.1. The van der Waals surface area contributed by atoms with Gasteiger partial charge in [-0.1, -0.05) is 9.55 Å². The van der Waals surface area contributed by atoms with Crippen molar-refractivity contribution in [1.82, 2.24) is 5.16 Å². The lowest BCUT2D eigenvalue weighted by Gasteiger charge is -1.91. The molecule has 1 rings (SSSR count). The first-order valence-electron chi connectivity index (χ1n) is 3.26. The lowest BCUT2D eigenvalue weighted by molar-refractivity contribution is 0.390. The van der Waals surface area contributed by atoms with E-state index in [-0.39, 0.29) is 16.3 Å². The second-order valence-corrected chi connectivity index (χ2v) is 3.85. The molecule has 70 valence electrons. The van der Waals surface area contributed by atoms with Crippen LogP contribution in [0.15, 0.2) is 13.8 Å². The van der Waals surface area contributed by atoms with E-state index < -0.39 is 10.0 Å². The highest BCUT2D eigenvalue weighted by Crippen LogP contribution is 2.20. The van der Waals surface area contributed by atoms with Crippen LogP contribution in [0, 0.1) is 13.8 Å². The number of sulfonamides is 1. The van der Waals surface area contributed by atoms with E-state index in [1.807, 2.05) is 0 Å². The van der Waals surface area contributed by atoms with Gasteiger partial charge in [-0.2, -0.15) is 8.42 Å². The van der Waals surface area contributed by atoms with Crippen molar-refractivity contribution in [3.05, 3.63) is 11.5 Å². The van der Waals surface area contributed by atoms with Crippen LogP contribution in [0.2, 0.25) is 0 Å². The molecule has 13 heavy (non-hydrogen) atoms. The summed E-state index contributed by atoms with van der Waals surface area (Å²) in [6.07, 6.45) is 0.968. The van der Waals surface area contributed by atoms with E-state index in [1.54, 1.807) is 0 Å². The molecule has 0 N–H and O–H groups in total. The Labute approximate surface area is 74.3 Å². The number of aromatic nitrogens is 1. The molecular formula is C6H6N2O4S. The van der Waals surface area contributed by atoms with Crippen LogP contribution >= 0.6 is 0 Å². The van der Waals surface area contributed by atoms with Crippen LogP contribution in [0.5, 0.6) is 0 Å². The molecule has 0 spiro atoms. The molecule has 0 unspecified atom stereocenters. The van der Waals surface area contributed by atoms with Crippen molar-refractivity contribution in [3.63, 3.8) is 0 Å². The molecule has 1 aromatic heterocycles. The van der Waals surface area contributed by atoms with Crippen molar-refractivity contribution in [2.45, 2.75) is 18.7 Å². The van der Waals surface area contributed by atoms with Gasteiger partial charge in [0.2, 0.25) is 0 Å². The van der Waals surface area contributed by atoms with Gasteiger partial charge in [0.05, 0.1) is 0 Å². The highest BCUT2D eigenvalue weighted by molar-refractivity contribution is 7.90. The Bertz CT molecular complexity index is 447. The molecular weight excluding hydrogens is 196 g/mol. The summed E-state index contributed by atoms with van der Waals surface area (Å²) in [5, 5.41) is 3.42. The standard InChI is InChI=1S/C6H6N2O4S/c1-4-6(5(2)12-8-4)13(10,11)7-3-9/h1-2H3. The Balaban J connectivity index is 3.46. The number of isocyanates is 1. The minimum absolute atomic E-state index is 0.108. The van der Waals surface area contributed by atoms with Gasteiger partial charge in [0.1, 0.15) is 5.69 Å². The molecule has 1 aromatic rings. The number of hydrogen-bond donors (Lipinski definition) is 0. The molecule has 0 amide bonds. The summed E-state index contributed by atoms with van der Waals surface area (Å²) >= 11 is 0. The number of hydrogen-bond acceptors (Lipinski definition) is 5. The molecule has 7 heteroatoms. The first-order chi connectivity index (χ1) is 5.99. The maximum atomic E-state index is 11.2. The zero-order valence-electron chi connectivity index (χ0n) is 6.94. The molecule has 0 bridgehead atoms. The lowest BCUT2D eigenvalue weighted by Crippen LogP contribution is -1.98. The van der Waals surface area contributed by atoms with E-state index >= 15 is 0 Å². The summed E-state index contributed by atoms with van der Waals surface area (Å²) in [6, 6.07) is 0. The third-order valence-corrected chi connectivity index (χ3v) is 2.80. The molecule has 0 saturated heterocycles. The smallest absolute Gasteiger partial charge is 0.298 e. The Morgan fingerprint density at radius 1 is 1.46 bits per heavy atom. The number of rotatable bonds is 2. The summed E-state index contributed by atoms with van der Waals surface area (Å²) in [6.45, 7) is 2.87. The first kappa shape index (κ1) is 9.63. The van der Waals surface area contributed by atoms with Crippen LogP contribution in [0.3, 0.4) is 0 Å². The predicted molar refractivity (Wildman–Crippen MR) is 41.3 cm³/mol. The lowest BCUT2D eigenvalue weighted by atomic mass is 10.4. The maximum Gasteiger partial charge on any atom is 0.298 e. The second kappa shape index (κ2) is 3.12. The van der Waals surface area contributed by atoms with Crippen LogP contribution in [0.25, 0.3) is 0 Å². The van der Waals surface area contributed by atoms with Crippen LogP contribution < -0.4 is 0 Å². The largest absolute Gasteiger partial charge is 0.360 e. The van der Waals surface area contributed by atoms with Crippen LogP contribution in [0.1, 0.15) is 11.5 Å². The van der Waals surface area contributed by atoms with E-state index in [9.17, 15) is 13.2 Å². The van der Waals surface area contributed by atoms with E-state index in [0.29, 0.717) is 0 Å². The molecule has 0 aliphatic heterocycles. The van der Waals surface area contributed by atoms with E-state index in [4.69, 9.17) is 0 Å². The SMILES string of the molecule is Cc1noc(C)c1S(=O)(=O)N=C=O. The Morgan fingerprint density at radius 2 is 2.08 bits per heavy atom. The second-order valence-electron chi connectivity index (χ2n) is 2.31. The fraction of sp³-hybridized carbons (Fsp3) is 0.333. The first-order valence-corrected chi connectivity index (χ1v) is 4.70. The quantitative estimate of drug-likeness (QED) is 0.508. The van der Waals surface area contributed by atoms with Crippen molar-refractivity contribution in [2.75, 3.05) is 0 Å². The molecule has 0 aliphatic carbocycles. The summed E-state index contributed by atoms with van der Waals surface area (Å²) in [4.78, 5) is 9.65. The fourth-order valence-electron chi connectivity index (χ4n) is 0.938. The van der Waals surface area contributed by atoms with Crippen molar-refractivity contribution in [3.8, 4) is 0 Å². The van der Waals surface area contributed by atoms with Gasteiger partial charge in [-0.15, -0.1) is 0 Å². The van der Waals surface area contributed by atoms with E-state index in [0.717, 1.165) is 6.08 Å². The summed E-state index contributed by atoms with van der Waals surface area (Å²) in [7, 11) is -3.98. The van der Waals surface area contributed by atoms with Gasteiger partial charge in [0.15, 0.2) is 10.7 Å². The maximum absolute atomic E-state index is 11.2. The van der Waals surface area contributed by atoms with Crippen molar-refractivity contribution >= 4 is 16.1 Å². The Hall–Kier alpha value is -1.46. The van der Waals surface area contributed by atoms with Gasteiger partial charge in [-0.3, -0.25) is 0 Å². The van der Waals surface area contributed by atoms with Gasteiger partial charge < -0.3 is 4.52 Å². The summed E-state index contributed by atoms with van der Waals surface area (Å²) < 4.78 is 29.7. The van der Waals surface area contributed by atoms with Gasteiger partial charge in [0.25, 0.3) is 16.1 Å². The molecule has 0 saturated carbocycles.